The highest BCUT2D eigenvalue weighted by atomic mass is 32.2. The number of hydrogen-bond donors (Lipinski definition) is 0. The first kappa shape index (κ1) is 9.34. The molecule has 0 bridgehead atoms. The Hall–Kier alpha value is -0.750. The molecule has 1 heterocycles. The average Bonchev–Trinajstić information content (AvgIpc) is 2.52. The summed E-state index contributed by atoms with van der Waals surface area (Å²) in [5.41, 5.74) is 0. The van der Waals surface area contributed by atoms with Gasteiger partial charge in [0.25, 0.3) is 0 Å². The summed E-state index contributed by atoms with van der Waals surface area (Å²) in [6.07, 6.45) is 0.642. The van der Waals surface area contributed by atoms with Crippen LogP contribution in [-0.4, -0.2) is 17.8 Å². The summed E-state index contributed by atoms with van der Waals surface area (Å²) in [5.74, 6) is 0.556. The quantitative estimate of drug-likeness (QED) is 0.737. The third-order valence-electron chi connectivity index (χ3n) is 1.23. The molecule has 0 aromatic carbocycles. The Balaban J connectivity index is 3.13. The molecule has 0 radical (unpaired) electrons. The van der Waals surface area contributed by atoms with Gasteiger partial charge in [-0.3, -0.25) is 0 Å². The van der Waals surface area contributed by atoms with Crippen LogP contribution in [0.3, 0.4) is 0 Å². The van der Waals surface area contributed by atoms with E-state index < -0.39 is 9.84 Å². The summed E-state index contributed by atoms with van der Waals surface area (Å²) in [4.78, 5) is 3.82. The van der Waals surface area contributed by atoms with Gasteiger partial charge >= 0.3 is 0 Å². The van der Waals surface area contributed by atoms with Crippen LogP contribution in [0.25, 0.3) is 0 Å². The summed E-state index contributed by atoms with van der Waals surface area (Å²) in [6, 6.07) is 0. The molecule has 0 N–H and O–H groups in total. The van der Waals surface area contributed by atoms with Crippen molar-refractivity contribution in [3.05, 3.63) is 17.8 Å². The maximum Gasteiger partial charge on any atom is 0.233 e. The molecule has 0 atom stereocenters. The number of hydrogen-bond acceptors (Lipinski definition) is 5. The van der Waals surface area contributed by atoms with Crippen LogP contribution in [0.15, 0.2) is 16.3 Å². The third-order valence-corrected chi connectivity index (χ3v) is 3.72. The lowest BCUT2D eigenvalue weighted by molar-refractivity contribution is 0.603. The summed E-state index contributed by atoms with van der Waals surface area (Å²) in [6.45, 7) is 5.06. The van der Waals surface area contributed by atoms with E-state index in [1.807, 2.05) is 6.92 Å². The van der Waals surface area contributed by atoms with E-state index in [2.05, 4.69) is 15.9 Å². The lowest BCUT2D eigenvalue weighted by Gasteiger charge is -1.87. The van der Waals surface area contributed by atoms with Crippen molar-refractivity contribution in [2.24, 2.45) is 0 Å². The smallest absolute Gasteiger partial charge is 0.217 e. The van der Waals surface area contributed by atoms with Crippen LogP contribution in [0.2, 0.25) is 0 Å². The third kappa shape index (κ3) is 1.70. The first-order chi connectivity index (χ1) is 5.60. The lowest BCUT2D eigenvalue weighted by atomic mass is 10.5. The Morgan fingerprint density at radius 1 is 1.67 bits per heavy atom. The van der Waals surface area contributed by atoms with Crippen molar-refractivity contribution in [2.45, 2.75) is 17.7 Å². The molecule has 0 saturated carbocycles. The molecule has 0 amide bonds. The predicted octanol–water partition coefficient (Wildman–Crippen LogP) is 1.02. The van der Waals surface area contributed by atoms with Crippen molar-refractivity contribution < 1.29 is 8.42 Å². The Labute approximate surface area is 75.0 Å². The standard InChI is InChI=1S/C6H8N2O2S2/c1-3-5-7-6(11-8-5)12(9,10)4-2/h4H,2-3H2,1H3. The maximum atomic E-state index is 11.1. The van der Waals surface area contributed by atoms with E-state index in [4.69, 9.17) is 0 Å². The molecular formula is C6H8N2O2S2. The number of rotatable bonds is 3. The van der Waals surface area contributed by atoms with Gasteiger partial charge in [-0.15, -0.1) is 0 Å². The van der Waals surface area contributed by atoms with Crippen molar-refractivity contribution in [1.29, 1.82) is 0 Å². The fourth-order valence-corrected chi connectivity index (χ4v) is 2.17. The van der Waals surface area contributed by atoms with Gasteiger partial charge < -0.3 is 0 Å². The molecule has 0 unspecified atom stereocenters. The zero-order valence-electron chi connectivity index (χ0n) is 6.52. The van der Waals surface area contributed by atoms with Crippen LogP contribution >= 0.6 is 11.5 Å². The van der Waals surface area contributed by atoms with Crippen LogP contribution in [0, 0.1) is 0 Å². The van der Waals surface area contributed by atoms with Gasteiger partial charge in [0, 0.05) is 11.8 Å². The van der Waals surface area contributed by atoms with Gasteiger partial charge in [-0.1, -0.05) is 13.5 Å². The molecule has 0 aliphatic carbocycles. The fraction of sp³-hybridized carbons (Fsp3) is 0.333. The van der Waals surface area contributed by atoms with E-state index in [0.717, 1.165) is 16.9 Å². The fourth-order valence-electron chi connectivity index (χ4n) is 0.568. The molecule has 12 heavy (non-hydrogen) atoms. The van der Waals surface area contributed by atoms with Gasteiger partial charge in [-0.25, -0.2) is 13.4 Å². The monoisotopic (exact) mass is 204 g/mol. The molecule has 0 aliphatic heterocycles. The Kier molecular flexibility index (Phi) is 2.58. The zero-order chi connectivity index (χ0) is 9.19. The molecule has 0 aliphatic rings. The molecule has 4 nitrogen and oxygen atoms in total. The summed E-state index contributed by atoms with van der Waals surface area (Å²) < 4.78 is 26.1. The first-order valence-corrected chi connectivity index (χ1v) is 5.62. The van der Waals surface area contributed by atoms with Gasteiger partial charge in [-0.05, 0) is 11.5 Å². The molecule has 0 spiro atoms. The molecule has 1 aromatic heterocycles. The Morgan fingerprint density at radius 3 is 2.75 bits per heavy atom. The minimum absolute atomic E-state index is 0.0225. The molecule has 0 saturated heterocycles. The molecule has 1 aromatic rings. The van der Waals surface area contributed by atoms with E-state index in [1.54, 1.807) is 0 Å². The second-order valence-electron chi connectivity index (χ2n) is 2.04. The van der Waals surface area contributed by atoms with E-state index in [0.29, 0.717) is 12.2 Å². The Bertz CT molecular complexity index is 380. The second-order valence-corrected chi connectivity index (χ2v) is 4.86. The van der Waals surface area contributed by atoms with Gasteiger partial charge in [0.1, 0.15) is 5.82 Å². The van der Waals surface area contributed by atoms with Crippen LogP contribution in [0.1, 0.15) is 12.7 Å². The van der Waals surface area contributed by atoms with Gasteiger partial charge in [-0.2, -0.15) is 4.37 Å². The van der Waals surface area contributed by atoms with Crippen LogP contribution < -0.4 is 0 Å². The number of sulfone groups is 1. The topological polar surface area (TPSA) is 59.9 Å². The van der Waals surface area contributed by atoms with Gasteiger partial charge in [0.2, 0.25) is 14.2 Å². The van der Waals surface area contributed by atoms with E-state index >= 15 is 0 Å². The van der Waals surface area contributed by atoms with E-state index in [1.165, 1.54) is 0 Å². The predicted molar refractivity (Wildman–Crippen MR) is 46.7 cm³/mol. The van der Waals surface area contributed by atoms with E-state index in [9.17, 15) is 8.42 Å². The van der Waals surface area contributed by atoms with Crippen molar-refractivity contribution in [3.8, 4) is 0 Å². The molecule has 6 heteroatoms. The van der Waals surface area contributed by atoms with E-state index in [-0.39, 0.29) is 4.34 Å². The lowest BCUT2D eigenvalue weighted by Crippen LogP contribution is -1.94. The normalized spacial score (nSPS) is 11.4. The molecule has 66 valence electrons. The van der Waals surface area contributed by atoms with Crippen LogP contribution in [0.5, 0.6) is 0 Å². The number of aryl methyl sites for hydroxylation is 1. The van der Waals surface area contributed by atoms with Crippen molar-refractivity contribution in [1.82, 2.24) is 9.36 Å². The highest BCUT2D eigenvalue weighted by Crippen LogP contribution is 2.14. The summed E-state index contributed by atoms with van der Waals surface area (Å²) >= 11 is 0.885. The van der Waals surface area contributed by atoms with Crippen LogP contribution in [-0.2, 0) is 16.3 Å². The average molecular weight is 204 g/mol. The van der Waals surface area contributed by atoms with Gasteiger partial charge in [0.15, 0.2) is 0 Å². The highest BCUT2D eigenvalue weighted by molar-refractivity contribution is 7.95. The maximum absolute atomic E-state index is 11.1. The first-order valence-electron chi connectivity index (χ1n) is 3.30. The van der Waals surface area contributed by atoms with Gasteiger partial charge in [0.05, 0.1) is 0 Å². The summed E-state index contributed by atoms with van der Waals surface area (Å²) in [5, 5.41) is 0.882. The van der Waals surface area contributed by atoms with Crippen molar-refractivity contribution in [2.75, 3.05) is 0 Å². The number of aromatic nitrogens is 2. The Morgan fingerprint density at radius 2 is 2.33 bits per heavy atom. The summed E-state index contributed by atoms with van der Waals surface area (Å²) in [7, 11) is -3.38. The minimum Gasteiger partial charge on any atom is -0.217 e. The zero-order valence-corrected chi connectivity index (χ0v) is 8.15. The van der Waals surface area contributed by atoms with Crippen molar-refractivity contribution >= 4 is 21.4 Å². The highest BCUT2D eigenvalue weighted by Gasteiger charge is 2.14. The second kappa shape index (κ2) is 3.32. The van der Waals surface area contributed by atoms with Crippen molar-refractivity contribution in [3.63, 3.8) is 0 Å². The molecular weight excluding hydrogens is 196 g/mol. The molecule has 0 fully saturated rings. The largest absolute Gasteiger partial charge is 0.233 e. The number of nitrogens with zero attached hydrogens (tertiary/aromatic N) is 2. The SMILES string of the molecule is C=CS(=O)(=O)c1nc(CC)ns1. The molecule has 1 rings (SSSR count). The minimum atomic E-state index is -3.38. The van der Waals surface area contributed by atoms with Crippen LogP contribution in [0.4, 0.5) is 0 Å².